The van der Waals surface area contributed by atoms with Crippen molar-refractivity contribution in [3.8, 4) is 84.1 Å². The maximum absolute atomic E-state index is 7.00. The summed E-state index contributed by atoms with van der Waals surface area (Å²) in [5.74, 6) is 2.44. The van der Waals surface area contributed by atoms with E-state index in [1.165, 1.54) is 77.3 Å². The van der Waals surface area contributed by atoms with Crippen LogP contribution in [0.2, 0.25) is 13.1 Å². The second-order valence-corrected chi connectivity index (χ2v) is 25.9. The molecule has 0 atom stereocenters. The van der Waals surface area contributed by atoms with Crippen molar-refractivity contribution in [2.75, 3.05) is 16.5 Å². The van der Waals surface area contributed by atoms with E-state index in [0.717, 1.165) is 61.7 Å². The lowest BCUT2D eigenvalue weighted by Crippen LogP contribution is -2.58. The van der Waals surface area contributed by atoms with E-state index in [4.69, 9.17) is 9.72 Å². The SMILES string of the molecule is C[Si]1(C)c2ccc(Oc3ccc4c5ccccc5n(-c5ccccn5)c4c3)cc2N2CN(c3c(-c4cc(-c5ccccc5)cc(-c5ccccc5)c4)cccc3-c3cc(-c4ccccc4)cc(-c4ccccc4)c3)c3cccc1c32. The summed E-state index contributed by atoms with van der Waals surface area (Å²) < 4.78 is 9.24. The molecule has 2 aromatic heterocycles. The van der Waals surface area contributed by atoms with Gasteiger partial charge in [0.1, 0.15) is 32.1 Å². The van der Waals surface area contributed by atoms with E-state index in [-0.39, 0.29) is 0 Å². The number of benzene rings is 11. The number of hydrogen-bond acceptors (Lipinski definition) is 4. The Morgan fingerprint density at radius 2 is 0.838 bits per heavy atom. The average Bonchev–Trinajstić information content (AvgIpc) is 4.16. The number of ether oxygens (including phenoxy) is 1. The molecule has 2 aliphatic rings. The number of anilines is 4. The van der Waals surface area contributed by atoms with E-state index in [1.807, 2.05) is 18.3 Å². The molecule has 13 aromatic rings. The quantitative estimate of drug-likeness (QED) is 0.128. The lowest BCUT2D eigenvalue weighted by molar-refractivity contribution is 0.483. The Hall–Kier alpha value is -10.0. The molecular formula is C74H54N4OSi. The molecule has 0 saturated heterocycles. The molecule has 0 saturated carbocycles. The van der Waals surface area contributed by atoms with Crippen LogP contribution in [0.3, 0.4) is 0 Å². The van der Waals surface area contributed by atoms with Gasteiger partial charge in [-0.05, 0) is 145 Å². The summed E-state index contributed by atoms with van der Waals surface area (Å²) in [6, 6.07) is 99.3. The second-order valence-electron chi connectivity index (χ2n) is 21.6. The van der Waals surface area contributed by atoms with Crippen LogP contribution in [0.1, 0.15) is 0 Å². The van der Waals surface area contributed by atoms with Gasteiger partial charge in [0.15, 0.2) is 0 Å². The Labute approximate surface area is 467 Å². The number of nitrogens with zero attached hydrogens (tertiary/aromatic N) is 4. The molecule has 0 bridgehead atoms. The van der Waals surface area contributed by atoms with E-state index < -0.39 is 8.07 Å². The smallest absolute Gasteiger partial charge is 0.137 e. The zero-order valence-electron chi connectivity index (χ0n) is 44.5. The van der Waals surface area contributed by atoms with Crippen molar-refractivity contribution >= 4 is 63.0 Å². The standard InChI is InChI=1S/C74H54N4OSi/c1-80(2)70-39-37-61(79-60-36-38-65-64-29-15-16-32-66(64)78(68(65)47-60)72-35-17-18-40-75-72)48-69(70)77-49-76(67-33-20-34-71(80)74(67)77)73-62(58-43-54(50-21-7-3-8-22-50)41-55(44-58)51-23-9-4-10-24-51)30-19-31-63(73)59-45-56(52-25-11-5-12-26-52)42-57(46-59)53-27-13-6-14-28-53/h3-48H,49H2,1-2H3. The van der Waals surface area contributed by atoms with Crippen molar-refractivity contribution in [3.63, 3.8) is 0 Å². The highest BCUT2D eigenvalue weighted by atomic mass is 28.3. The lowest BCUT2D eigenvalue weighted by Gasteiger charge is -2.38. The monoisotopic (exact) mass is 1040 g/mol. The van der Waals surface area contributed by atoms with Crippen molar-refractivity contribution in [1.82, 2.24) is 9.55 Å². The summed E-state index contributed by atoms with van der Waals surface area (Å²) in [5.41, 5.74) is 21.0. The van der Waals surface area contributed by atoms with Crippen LogP contribution in [0.25, 0.3) is 94.4 Å². The van der Waals surface area contributed by atoms with Gasteiger partial charge in [0.2, 0.25) is 0 Å². The Kier molecular flexibility index (Phi) is 11.3. The molecule has 6 heteroatoms. The van der Waals surface area contributed by atoms with Gasteiger partial charge in [-0.1, -0.05) is 195 Å². The van der Waals surface area contributed by atoms with Crippen molar-refractivity contribution in [2.24, 2.45) is 0 Å². The topological polar surface area (TPSA) is 33.5 Å². The second kappa shape index (κ2) is 19.2. The minimum Gasteiger partial charge on any atom is -0.457 e. The summed E-state index contributed by atoms with van der Waals surface area (Å²) >= 11 is 0. The fraction of sp³-hybridized carbons (Fsp3) is 0.0405. The molecule has 2 aliphatic heterocycles. The molecule has 5 nitrogen and oxygen atoms in total. The van der Waals surface area contributed by atoms with Crippen LogP contribution in [0.4, 0.5) is 22.7 Å². The third-order valence-corrected chi connectivity index (χ3v) is 20.0. The fourth-order valence-corrected chi connectivity index (χ4v) is 15.6. The van der Waals surface area contributed by atoms with Crippen molar-refractivity contribution in [1.29, 1.82) is 0 Å². The Morgan fingerprint density at radius 1 is 0.350 bits per heavy atom. The van der Waals surface area contributed by atoms with E-state index in [9.17, 15) is 0 Å². The molecule has 0 spiro atoms. The predicted octanol–water partition coefficient (Wildman–Crippen LogP) is 18.4. The third-order valence-electron chi connectivity index (χ3n) is 16.4. The molecule has 0 N–H and O–H groups in total. The predicted molar refractivity (Wildman–Crippen MR) is 336 cm³/mol. The number of aromatic nitrogens is 2. The molecule has 11 aromatic carbocycles. The minimum absolute atomic E-state index is 0.598. The number of hydrogen-bond donors (Lipinski definition) is 0. The average molecular weight is 1040 g/mol. The van der Waals surface area contributed by atoms with E-state index in [1.54, 1.807) is 0 Å². The maximum Gasteiger partial charge on any atom is 0.137 e. The number of para-hydroxylation sites is 3. The van der Waals surface area contributed by atoms with Crippen LogP contribution >= 0.6 is 0 Å². The molecule has 15 rings (SSSR count). The van der Waals surface area contributed by atoms with Crippen LogP contribution in [0.5, 0.6) is 11.5 Å². The summed E-state index contributed by atoms with van der Waals surface area (Å²) in [7, 11) is -2.28. The molecule has 380 valence electrons. The van der Waals surface area contributed by atoms with Crippen LogP contribution in [-0.2, 0) is 0 Å². The summed E-state index contributed by atoms with van der Waals surface area (Å²) in [5, 5.41) is 5.16. The first kappa shape index (κ1) is 47.2. The summed E-state index contributed by atoms with van der Waals surface area (Å²) in [6.45, 7) is 5.61. The van der Waals surface area contributed by atoms with Gasteiger partial charge in [-0.15, -0.1) is 0 Å². The highest BCUT2D eigenvalue weighted by Crippen LogP contribution is 2.53. The third kappa shape index (κ3) is 8.02. The van der Waals surface area contributed by atoms with Gasteiger partial charge >= 0.3 is 0 Å². The first-order valence-corrected chi connectivity index (χ1v) is 30.5. The molecule has 0 fully saturated rings. The van der Waals surface area contributed by atoms with Crippen LogP contribution in [0.15, 0.2) is 279 Å². The lowest BCUT2D eigenvalue weighted by atomic mass is 9.88. The Bertz CT molecular complexity index is 4240. The summed E-state index contributed by atoms with van der Waals surface area (Å²) in [4.78, 5) is 9.97. The first-order chi connectivity index (χ1) is 39.4. The molecule has 0 radical (unpaired) electrons. The molecule has 0 amide bonds. The molecular weight excluding hydrogens is 989 g/mol. The van der Waals surface area contributed by atoms with Gasteiger partial charge in [-0.3, -0.25) is 4.57 Å². The van der Waals surface area contributed by atoms with Crippen molar-refractivity contribution < 1.29 is 4.74 Å². The van der Waals surface area contributed by atoms with Gasteiger partial charge in [-0.2, -0.15) is 0 Å². The highest BCUT2D eigenvalue weighted by molar-refractivity contribution is 7.02. The van der Waals surface area contributed by atoms with Gasteiger partial charge in [-0.25, -0.2) is 4.98 Å². The van der Waals surface area contributed by atoms with Gasteiger partial charge in [0.05, 0.1) is 28.1 Å². The van der Waals surface area contributed by atoms with Gasteiger partial charge in [0.25, 0.3) is 0 Å². The van der Waals surface area contributed by atoms with E-state index in [0.29, 0.717) is 6.67 Å². The number of rotatable bonds is 10. The van der Waals surface area contributed by atoms with Crippen LogP contribution in [0, 0.1) is 0 Å². The van der Waals surface area contributed by atoms with E-state index in [2.05, 4.69) is 288 Å². The van der Waals surface area contributed by atoms with Crippen LogP contribution < -0.4 is 24.9 Å². The fourth-order valence-electron chi connectivity index (χ4n) is 12.6. The maximum atomic E-state index is 7.00. The highest BCUT2D eigenvalue weighted by Gasteiger charge is 2.44. The normalized spacial score (nSPS) is 13.1. The largest absolute Gasteiger partial charge is 0.457 e. The van der Waals surface area contributed by atoms with Crippen molar-refractivity contribution in [2.45, 2.75) is 13.1 Å². The van der Waals surface area contributed by atoms with Gasteiger partial charge < -0.3 is 14.5 Å². The first-order valence-electron chi connectivity index (χ1n) is 27.5. The van der Waals surface area contributed by atoms with Crippen LogP contribution in [-0.4, -0.2) is 24.3 Å². The number of pyridine rings is 1. The van der Waals surface area contributed by atoms with E-state index >= 15 is 0 Å². The number of fused-ring (bicyclic) bond motifs is 5. The Balaban J connectivity index is 0.918. The Morgan fingerprint density at radius 3 is 1.41 bits per heavy atom. The molecule has 4 heterocycles. The summed E-state index contributed by atoms with van der Waals surface area (Å²) in [6.07, 6.45) is 1.85. The zero-order valence-corrected chi connectivity index (χ0v) is 45.5. The molecule has 0 aliphatic carbocycles. The zero-order chi connectivity index (χ0) is 53.3. The van der Waals surface area contributed by atoms with Crippen molar-refractivity contribution in [3.05, 3.63) is 279 Å². The minimum atomic E-state index is -2.28. The van der Waals surface area contributed by atoms with Gasteiger partial charge in [0, 0.05) is 45.9 Å². The molecule has 0 unspecified atom stereocenters. The molecule has 80 heavy (non-hydrogen) atoms.